The SMILES string of the molecule is O=c1c2c(Cl)cc(Cl)c(O)c2ncn1Nc1ccc(O)cc1. The normalized spacial score (nSPS) is 10.8. The topological polar surface area (TPSA) is 87.4 Å². The maximum atomic E-state index is 12.5. The summed E-state index contributed by atoms with van der Waals surface area (Å²) in [6.45, 7) is 0. The van der Waals surface area contributed by atoms with Gasteiger partial charge in [-0.05, 0) is 30.3 Å². The minimum absolute atomic E-state index is 0.0219. The highest BCUT2D eigenvalue weighted by Crippen LogP contribution is 2.34. The van der Waals surface area contributed by atoms with Crippen molar-refractivity contribution in [3.8, 4) is 11.5 Å². The summed E-state index contributed by atoms with van der Waals surface area (Å²) in [7, 11) is 0. The average molecular weight is 338 g/mol. The van der Waals surface area contributed by atoms with Gasteiger partial charge in [0.1, 0.15) is 17.6 Å². The van der Waals surface area contributed by atoms with E-state index in [1.807, 2.05) is 0 Å². The van der Waals surface area contributed by atoms with Crippen LogP contribution in [0, 0.1) is 0 Å². The molecule has 8 heteroatoms. The number of aromatic nitrogens is 2. The van der Waals surface area contributed by atoms with Crippen LogP contribution in [-0.2, 0) is 0 Å². The summed E-state index contributed by atoms with van der Waals surface area (Å²) < 4.78 is 1.12. The van der Waals surface area contributed by atoms with E-state index in [2.05, 4.69) is 10.4 Å². The first-order valence-corrected chi connectivity index (χ1v) is 6.87. The third-order valence-electron chi connectivity index (χ3n) is 3.03. The lowest BCUT2D eigenvalue weighted by Crippen LogP contribution is -2.26. The van der Waals surface area contributed by atoms with E-state index in [0.29, 0.717) is 5.69 Å². The van der Waals surface area contributed by atoms with Gasteiger partial charge in [-0.25, -0.2) is 9.66 Å². The second kappa shape index (κ2) is 5.40. The maximum Gasteiger partial charge on any atom is 0.281 e. The number of aromatic hydroxyl groups is 2. The molecule has 0 saturated heterocycles. The molecule has 0 spiro atoms. The fourth-order valence-electron chi connectivity index (χ4n) is 1.97. The molecule has 2 aromatic carbocycles. The molecular formula is C14H9Cl2N3O3. The van der Waals surface area contributed by atoms with Gasteiger partial charge in [-0.2, -0.15) is 0 Å². The fraction of sp³-hybridized carbons (Fsp3) is 0. The molecule has 1 aromatic heterocycles. The largest absolute Gasteiger partial charge is 0.508 e. The van der Waals surface area contributed by atoms with E-state index in [-0.39, 0.29) is 32.4 Å². The number of phenolic OH excluding ortho intramolecular Hbond substituents is 2. The van der Waals surface area contributed by atoms with E-state index in [9.17, 15) is 15.0 Å². The van der Waals surface area contributed by atoms with Crippen molar-refractivity contribution < 1.29 is 10.2 Å². The Morgan fingerprint density at radius 1 is 1.09 bits per heavy atom. The molecule has 3 aromatic rings. The van der Waals surface area contributed by atoms with E-state index < -0.39 is 5.56 Å². The van der Waals surface area contributed by atoms with Gasteiger partial charge < -0.3 is 10.2 Å². The minimum Gasteiger partial charge on any atom is -0.508 e. The van der Waals surface area contributed by atoms with Gasteiger partial charge in [0.15, 0.2) is 5.75 Å². The summed E-state index contributed by atoms with van der Waals surface area (Å²) in [6, 6.07) is 7.41. The molecule has 0 aliphatic heterocycles. The van der Waals surface area contributed by atoms with Crippen molar-refractivity contribution in [3.05, 3.63) is 57.1 Å². The molecule has 0 aliphatic rings. The molecule has 112 valence electrons. The van der Waals surface area contributed by atoms with Crippen molar-refractivity contribution >= 4 is 39.8 Å². The summed E-state index contributed by atoms with van der Waals surface area (Å²) in [4.78, 5) is 16.5. The second-order valence-electron chi connectivity index (χ2n) is 4.49. The number of hydrogen-bond donors (Lipinski definition) is 3. The van der Waals surface area contributed by atoms with Crippen LogP contribution in [0.15, 0.2) is 41.5 Å². The molecule has 3 rings (SSSR count). The van der Waals surface area contributed by atoms with E-state index in [4.69, 9.17) is 23.2 Å². The molecule has 0 bridgehead atoms. The second-order valence-corrected chi connectivity index (χ2v) is 5.31. The Balaban J connectivity index is 2.15. The monoisotopic (exact) mass is 337 g/mol. The third kappa shape index (κ3) is 2.43. The first kappa shape index (κ1) is 14.5. The molecule has 3 N–H and O–H groups in total. The number of hydrogen-bond acceptors (Lipinski definition) is 5. The first-order chi connectivity index (χ1) is 10.5. The van der Waals surface area contributed by atoms with E-state index in [0.717, 1.165) is 4.68 Å². The van der Waals surface area contributed by atoms with Crippen LogP contribution in [0.25, 0.3) is 10.9 Å². The molecule has 22 heavy (non-hydrogen) atoms. The standard InChI is InChI=1S/C14H9Cl2N3O3/c15-9-5-10(16)13(21)12-11(9)14(22)19(6-17-12)18-7-1-3-8(20)4-2-7/h1-6,18,20-21H. The van der Waals surface area contributed by atoms with Crippen molar-refractivity contribution in [2.24, 2.45) is 0 Å². The Morgan fingerprint density at radius 3 is 2.45 bits per heavy atom. The van der Waals surface area contributed by atoms with Crippen LogP contribution in [0.4, 0.5) is 5.69 Å². The Hall–Kier alpha value is -2.44. The van der Waals surface area contributed by atoms with Gasteiger partial charge in [0.25, 0.3) is 5.56 Å². The van der Waals surface area contributed by atoms with Crippen LogP contribution in [0.2, 0.25) is 10.0 Å². The molecule has 0 atom stereocenters. The van der Waals surface area contributed by atoms with Crippen molar-refractivity contribution in [1.82, 2.24) is 9.66 Å². The lowest BCUT2D eigenvalue weighted by molar-refractivity contribution is 0.475. The highest BCUT2D eigenvalue weighted by atomic mass is 35.5. The highest BCUT2D eigenvalue weighted by molar-refractivity contribution is 6.39. The summed E-state index contributed by atoms with van der Waals surface area (Å²) in [5, 5.41) is 19.3. The van der Waals surface area contributed by atoms with Gasteiger partial charge in [-0.15, -0.1) is 0 Å². The van der Waals surface area contributed by atoms with Gasteiger partial charge in [-0.1, -0.05) is 23.2 Å². The third-order valence-corrected chi connectivity index (χ3v) is 3.62. The van der Waals surface area contributed by atoms with Gasteiger partial charge >= 0.3 is 0 Å². The maximum absolute atomic E-state index is 12.5. The summed E-state index contributed by atoms with van der Waals surface area (Å²) in [5.74, 6) is -0.188. The van der Waals surface area contributed by atoms with Crippen LogP contribution in [-0.4, -0.2) is 19.9 Å². The Morgan fingerprint density at radius 2 is 1.77 bits per heavy atom. The molecule has 1 heterocycles. The highest BCUT2D eigenvalue weighted by Gasteiger charge is 2.15. The van der Waals surface area contributed by atoms with Crippen molar-refractivity contribution in [3.63, 3.8) is 0 Å². The zero-order chi connectivity index (χ0) is 15.9. The minimum atomic E-state index is -0.491. The number of nitrogens with zero attached hydrogens (tertiary/aromatic N) is 2. The fourth-order valence-corrected chi connectivity index (χ4v) is 2.50. The van der Waals surface area contributed by atoms with Gasteiger partial charge in [0, 0.05) is 0 Å². The lowest BCUT2D eigenvalue weighted by Gasteiger charge is -2.11. The molecule has 0 aliphatic carbocycles. The quantitative estimate of drug-likeness (QED) is 0.625. The smallest absolute Gasteiger partial charge is 0.281 e. The summed E-state index contributed by atoms with van der Waals surface area (Å²) in [5.41, 5.74) is 2.92. The summed E-state index contributed by atoms with van der Waals surface area (Å²) >= 11 is 11.8. The Kier molecular flexibility index (Phi) is 3.56. The van der Waals surface area contributed by atoms with Crippen molar-refractivity contribution in [1.29, 1.82) is 0 Å². The van der Waals surface area contributed by atoms with E-state index in [1.165, 1.54) is 24.5 Å². The molecule has 0 saturated carbocycles. The molecular weight excluding hydrogens is 329 g/mol. The lowest BCUT2D eigenvalue weighted by atomic mass is 10.2. The molecule has 0 radical (unpaired) electrons. The number of fused-ring (bicyclic) bond motifs is 1. The number of nitrogens with one attached hydrogen (secondary N) is 1. The van der Waals surface area contributed by atoms with Crippen LogP contribution < -0.4 is 11.0 Å². The van der Waals surface area contributed by atoms with Crippen LogP contribution in [0.5, 0.6) is 11.5 Å². The van der Waals surface area contributed by atoms with E-state index in [1.54, 1.807) is 12.1 Å². The first-order valence-electron chi connectivity index (χ1n) is 6.12. The molecule has 6 nitrogen and oxygen atoms in total. The molecule has 0 amide bonds. The zero-order valence-electron chi connectivity index (χ0n) is 10.9. The average Bonchev–Trinajstić information content (AvgIpc) is 2.49. The zero-order valence-corrected chi connectivity index (χ0v) is 12.4. The number of halogens is 2. The van der Waals surface area contributed by atoms with Crippen LogP contribution in [0.3, 0.4) is 0 Å². The van der Waals surface area contributed by atoms with Gasteiger partial charge in [-0.3, -0.25) is 10.2 Å². The number of benzene rings is 2. The number of anilines is 1. The Bertz CT molecular complexity index is 923. The predicted molar refractivity (Wildman–Crippen MR) is 84.8 cm³/mol. The Labute approximate surface area is 134 Å². The van der Waals surface area contributed by atoms with Gasteiger partial charge in [0.2, 0.25) is 0 Å². The predicted octanol–water partition coefficient (Wildman–Crippen LogP) is 2.99. The van der Waals surface area contributed by atoms with Crippen LogP contribution in [0.1, 0.15) is 0 Å². The van der Waals surface area contributed by atoms with Crippen molar-refractivity contribution in [2.45, 2.75) is 0 Å². The van der Waals surface area contributed by atoms with Crippen LogP contribution >= 0.6 is 23.2 Å². The van der Waals surface area contributed by atoms with Crippen molar-refractivity contribution in [2.75, 3.05) is 5.43 Å². The number of phenols is 2. The number of rotatable bonds is 2. The molecule has 0 unspecified atom stereocenters. The molecule has 0 fully saturated rings. The van der Waals surface area contributed by atoms with Gasteiger partial charge in [0.05, 0.1) is 21.1 Å². The summed E-state index contributed by atoms with van der Waals surface area (Å²) in [6.07, 6.45) is 1.21. The van der Waals surface area contributed by atoms with E-state index >= 15 is 0 Å².